The van der Waals surface area contributed by atoms with Crippen molar-refractivity contribution in [2.75, 3.05) is 29.9 Å². The summed E-state index contributed by atoms with van der Waals surface area (Å²) in [5.41, 5.74) is 2.31. The lowest BCUT2D eigenvalue weighted by molar-refractivity contribution is 0.203. The van der Waals surface area contributed by atoms with Crippen molar-refractivity contribution in [2.45, 2.75) is 39.3 Å². The van der Waals surface area contributed by atoms with Gasteiger partial charge in [0.15, 0.2) is 5.82 Å². The van der Waals surface area contributed by atoms with Gasteiger partial charge in [0.05, 0.1) is 17.9 Å². The summed E-state index contributed by atoms with van der Waals surface area (Å²) in [6.07, 6.45) is 3.09. The molecule has 1 aliphatic rings. The molecule has 0 bridgehead atoms. The number of para-hydroxylation sites is 2. The normalized spacial score (nSPS) is 15.7. The molecule has 2 heterocycles. The van der Waals surface area contributed by atoms with E-state index in [1.165, 1.54) is 5.69 Å². The number of piperidine rings is 1. The van der Waals surface area contributed by atoms with Gasteiger partial charge in [-0.15, -0.1) is 5.10 Å². The maximum Gasteiger partial charge on any atom is 0.170 e. The van der Waals surface area contributed by atoms with Gasteiger partial charge in [-0.05, 0) is 47.7 Å². The summed E-state index contributed by atoms with van der Waals surface area (Å²) in [5.74, 6) is 1.30. The van der Waals surface area contributed by atoms with Crippen molar-refractivity contribution in [1.82, 2.24) is 20.2 Å². The van der Waals surface area contributed by atoms with E-state index in [4.69, 9.17) is 0 Å². The monoisotopic (exact) mass is 330 g/mol. The Labute approximate surface area is 142 Å². The van der Waals surface area contributed by atoms with Gasteiger partial charge in [0.1, 0.15) is 0 Å². The number of tetrazole rings is 1. The van der Waals surface area contributed by atoms with Crippen molar-refractivity contribution < 1.29 is 5.11 Å². The lowest BCUT2D eigenvalue weighted by Crippen LogP contribution is -2.35. The zero-order chi connectivity index (χ0) is 16.8. The summed E-state index contributed by atoms with van der Waals surface area (Å²) in [5, 5.41) is 24.7. The molecule has 0 unspecified atom stereocenters. The molecule has 24 heavy (non-hydrogen) atoms. The molecule has 0 spiro atoms. The predicted molar refractivity (Wildman–Crippen MR) is 93.9 cm³/mol. The minimum Gasteiger partial charge on any atom is -0.396 e. The Bertz CT molecular complexity index is 636. The van der Waals surface area contributed by atoms with Crippen molar-refractivity contribution in [3.8, 4) is 0 Å². The first-order chi connectivity index (χ1) is 11.8. The van der Waals surface area contributed by atoms with Crippen molar-refractivity contribution in [3.63, 3.8) is 0 Å². The van der Waals surface area contributed by atoms with E-state index in [0.717, 1.165) is 50.4 Å². The highest BCUT2D eigenvalue weighted by Gasteiger charge is 2.20. The Hall–Kier alpha value is -2.15. The second kappa shape index (κ2) is 8.10. The quantitative estimate of drug-likeness (QED) is 0.807. The van der Waals surface area contributed by atoms with E-state index in [1.54, 1.807) is 0 Å². The number of aliphatic hydroxyl groups excluding tert-OH is 1. The number of aromatic nitrogens is 4. The molecule has 0 amide bonds. The number of hydrogen-bond acceptors (Lipinski definition) is 6. The largest absolute Gasteiger partial charge is 0.396 e. The molecule has 1 aliphatic heterocycles. The fourth-order valence-electron chi connectivity index (χ4n) is 3.16. The minimum absolute atomic E-state index is 0.299. The molecule has 1 saturated heterocycles. The van der Waals surface area contributed by atoms with Crippen LogP contribution in [0.3, 0.4) is 0 Å². The summed E-state index contributed by atoms with van der Waals surface area (Å²) in [7, 11) is 0. The van der Waals surface area contributed by atoms with E-state index in [2.05, 4.69) is 50.9 Å². The SMILES string of the molecule is CCCn1nnnc1CNc1ccccc1N1CCC(CO)CC1. The van der Waals surface area contributed by atoms with E-state index in [1.807, 2.05) is 10.7 Å². The molecule has 130 valence electrons. The fourth-order valence-corrected chi connectivity index (χ4v) is 3.16. The average molecular weight is 330 g/mol. The standard InChI is InChI=1S/C17H26N6O/c1-2-9-23-17(19-20-21-23)12-18-15-5-3-4-6-16(15)22-10-7-14(13-24)8-11-22/h3-6,14,18,24H,2,7-13H2,1H3. The molecule has 0 radical (unpaired) electrons. The fraction of sp³-hybridized carbons (Fsp3) is 0.588. The minimum atomic E-state index is 0.299. The van der Waals surface area contributed by atoms with Crippen LogP contribution in [0.25, 0.3) is 0 Å². The van der Waals surface area contributed by atoms with Gasteiger partial charge in [0.2, 0.25) is 0 Å². The van der Waals surface area contributed by atoms with Gasteiger partial charge in [0.25, 0.3) is 0 Å². The van der Waals surface area contributed by atoms with E-state index >= 15 is 0 Å². The Morgan fingerprint density at radius 3 is 2.79 bits per heavy atom. The lowest BCUT2D eigenvalue weighted by atomic mass is 9.97. The zero-order valence-corrected chi connectivity index (χ0v) is 14.2. The smallest absolute Gasteiger partial charge is 0.170 e. The van der Waals surface area contributed by atoms with Crippen LogP contribution in [0.4, 0.5) is 11.4 Å². The maximum absolute atomic E-state index is 9.31. The predicted octanol–water partition coefficient (Wildman–Crippen LogP) is 1.90. The highest BCUT2D eigenvalue weighted by molar-refractivity contribution is 5.70. The van der Waals surface area contributed by atoms with Crippen LogP contribution in [0.2, 0.25) is 0 Å². The van der Waals surface area contributed by atoms with E-state index in [9.17, 15) is 5.11 Å². The molecule has 0 atom stereocenters. The van der Waals surface area contributed by atoms with Crippen LogP contribution in [-0.4, -0.2) is 45.0 Å². The summed E-state index contributed by atoms with van der Waals surface area (Å²) >= 11 is 0. The van der Waals surface area contributed by atoms with Crippen LogP contribution in [0.1, 0.15) is 32.0 Å². The van der Waals surface area contributed by atoms with Gasteiger partial charge in [-0.3, -0.25) is 0 Å². The first kappa shape index (κ1) is 16.7. The second-order valence-electron chi connectivity index (χ2n) is 6.30. The average Bonchev–Trinajstić information content (AvgIpc) is 3.08. The number of hydrogen-bond donors (Lipinski definition) is 2. The molecular formula is C17H26N6O. The highest BCUT2D eigenvalue weighted by Crippen LogP contribution is 2.29. The third kappa shape index (κ3) is 3.84. The molecule has 7 nitrogen and oxygen atoms in total. The Kier molecular flexibility index (Phi) is 5.63. The van der Waals surface area contributed by atoms with Crippen molar-refractivity contribution in [3.05, 3.63) is 30.1 Å². The van der Waals surface area contributed by atoms with Gasteiger partial charge in [-0.1, -0.05) is 19.1 Å². The number of anilines is 2. The molecular weight excluding hydrogens is 304 g/mol. The molecule has 1 aromatic carbocycles. The van der Waals surface area contributed by atoms with E-state index < -0.39 is 0 Å². The van der Waals surface area contributed by atoms with Gasteiger partial charge >= 0.3 is 0 Å². The molecule has 1 fully saturated rings. The number of benzene rings is 1. The number of nitrogens with one attached hydrogen (secondary N) is 1. The number of nitrogens with zero attached hydrogens (tertiary/aromatic N) is 5. The highest BCUT2D eigenvalue weighted by atomic mass is 16.3. The van der Waals surface area contributed by atoms with Gasteiger partial charge in [-0.25, -0.2) is 4.68 Å². The number of rotatable bonds is 7. The molecule has 2 aromatic rings. The first-order valence-electron chi connectivity index (χ1n) is 8.75. The molecule has 0 saturated carbocycles. The Balaban J connectivity index is 1.67. The first-order valence-corrected chi connectivity index (χ1v) is 8.75. The molecule has 3 rings (SSSR count). The zero-order valence-electron chi connectivity index (χ0n) is 14.2. The summed E-state index contributed by atoms with van der Waals surface area (Å²) < 4.78 is 1.85. The van der Waals surface area contributed by atoms with Crippen LogP contribution in [-0.2, 0) is 13.1 Å². The van der Waals surface area contributed by atoms with Crippen LogP contribution >= 0.6 is 0 Å². The molecule has 7 heteroatoms. The van der Waals surface area contributed by atoms with Crippen molar-refractivity contribution >= 4 is 11.4 Å². The van der Waals surface area contributed by atoms with Gasteiger partial charge in [-0.2, -0.15) is 0 Å². The van der Waals surface area contributed by atoms with Crippen LogP contribution in [0.15, 0.2) is 24.3 Å². The van der Waals surface area contributed by atoms with Crippen molar-refractivity contribution in [2.24, 2.45) is 5.92 Å². The number of aliphatic hydroxyl groups is 1. The van der Waals surface area contributed by atoms with Crippen LogP contribution < -0.4 is 10.2 Å². The molecule has 1 aromatic heterocycles. The van der Waals surface area contributed by atoms with E-state index in [-0.39, 0.29) is 0 Å². The van der Waals surface area contributed by atoms with E-state index in [0.29, 0.717) is 19.1 Å². The summed E-state index contributed by atoms with van der Waals surface area (Å²) in [6, 6.07) is 8.36. The molecule has 0 aliphatic carbocycles. The maximum atomic E-state index is 9.31. The third-order valence-corrected chi connectivity index (χ3v) is 4.60. The molecule has 2 N–H and O–H groups in total. The summed E-state index contributed by atoms with van der Waals surface area (Å²) in [4.78, 5) is 2.39. The van der Waals surface area contributed by atoms with Crippen LogP contribution in [0, 0.1) is 5.92 Å². The Morgan fingerprint density at radius 1 is 1.25 bits per heavy atom. The third-order valence-electron chi connectivity index (χ3n) is 4.60. The van der Waals surface area contributed by atoms with Gasteiger partial charge in [0, 0.05) is 26.2 Å². The second-order valence-corrected chi connectivity index (χ2v) is 6.30. The number of aryl methyl sites for hydroxylation is 1. The summed E-state index contributed by atoms with van der Waals surface area (Å²) in [6.45, 7) is 5.82. The Morgan fingerprint density at radius 2 is 2.04 bits per heavy atom. The van der Waals surface area contributed by atoms with Gasteiger partial charge < -0.3 is 15.3 Å². The van der Waals surface area contributed by atoms with Crippen molar-refractivity contribution in [1.29, 1.82) is 0 Å². The topological polar surface area (TPSA) is 79.1 Å². The van der Waals surface area contributed by atoms with Crippen LogP contribution in [0.5, 0.6) is 0 Å². The lowest BCUT2D eigenvalue weighted by Gasteiger charge is -2.34.